The van der Waals surface area contributed by atoms with Crippen LogP contribution in [0.15, 0.2) is 58.8 Å². The zero-order valence-corrected chi connectivity index (χ0v) is 24.8. The maximum Gasteiger partial charge on any atom is 0.303 e. The topological polar surface area (TPSA) is 120 Å². The quantitative estimate of drug-likeness (QED) is 0.230. The van der Waals surface area contributed by atoms with Crippen molar-refractivity contribution >= 4 is 38.9 Å². The molecule has 2 heterocycles. The molecule has 0 bridgehead atoms. The number of nitrogens with zero attached hydrogens (tertiary/aromatic N) is 2. The maximum atomic E-state index is 13.2. The predicted octanol–water partition coefficient (Wildman–Crippen LogP) is 4.85. The number of aryl methyl sites for hydroxylation is 2. The minimum atomic E-state index is -3.90. The Morgan fingerprint density at radius 2 is 1.95 bits per heavy atom. The second-order valence-electron chi connectivity index (χ2n) is 10.2. The van der Waals surface area contributed by atoms with Gasteiger partial charge in [0.2, 0.25) is 10.0 Å². The molecule has 0 spiro atoms. The van der Waals surface area contributed by atoms with Crippen LogP contribution in [-0.2, 0) is 27.7 Å². The average molecular weight is 594 g/mol. The number of thiophene rings is 1. The zero-order valence-electron chi connectivity index (χ0n) is 22.4. The zero-order chi connectivity index (χ0) is 28.6. The monoisotopic (exact) mass is 593 g/mol. The Labute approximate surface area is 239 Å². The molecule has 0 aliphatic carbocycles. The number of hydrogen-bond donors (Lipinski definition) is 3. The number of aliphatic hydroxyl groups excluding tert-OH is 1. The number of carboxylic acid groups (broad SMARTS) is 1. The van der Waals surface area contributed by atoms with E-state index in [1.807, 2.05) is 0 Å². The number of nitrogens with one attached hydrogen (secondary N) is 1. The van der Waals surface area contributed by atoms with E-state index in [0.717, 1.165) is 23.6 Å². The number of aliphatic hydroxyl groups is 1. The van der Waals surface area contributed by atoms with E-state index in [4.69, 9.17) is 16.7 Å². The van der Waals surface area contributed by atoms with Gasteiger partial charge in [0.15, 0.2) is 0 Å². The van der Waals surface area contributed by atoms with Crippen molar-refractivity contribution in [3.05, 3.63) is 69.5 Å². The third kappa shape index (κ3) is 9.37. The van der Waals surface area contributed by atoms with E-state index in [9.17, 15) is 18.3 Å². The molecule has 212 valence electrons. The lowest BCUT2D eigenvalue weighted by atomic mass is 9.96. The van der Waals surface area contributed by atoms with Crippen LogP contribution >= 0.6 is 22.9 Å². The lowest BCUT2D eigenvalue weighted by Gasteiger charge is -2.29. The lowest BCUT2D eigenvalue weighted by molar-refractivity contribution is -0.136. The summed E-state index contributed by atoms with van der Waals surface area (Å²) in [7, 11) is -2.47. The molecule has 39 heavy (non-hydrogen) atoms. The van der Waals surface area contributed by atoms with Crippen molar-refractivity contribution in [3.63, 3.8) is 0 Å². The van der Waals surface area contributed by atoms with Crippen LogP contribution in [0.4, 0.5) is 0 Å². The van der Waals surface area contributed by atoms with Gasteiger partial charge < -0.3 is 15.5 Å². The highest BCUT2D eigenvalue weighted by Crippen LogP contribution is 2.30. The Morgan fingerprint density at radius 1 is 1.18 bits per heavy atom. The van der Waals surface area contributed by atoms with Gasteiger partial charge in [-0.1, -0.05) is 23.7 Å². The first-order valence-electron chi connectivity index (χ1n) is 12.8. The molecular formula is C28H36ClN3O5S2. The maximum absolute atomic E-state index is 13.2. The second-order valence-corrected chi connectivity index (χ2v) is 13.7. The van der Waals surface area contributed by atoms with Gasteiger partial charge in [-0.3, -0.25) is 9.78 Å². The van der Waals surface area contributed by atoms with Gasteiger partial charge in [-0.15, -0.1) is 11.3 Å². The molecule has 0 fully saturated rings. The van der Waals surface area contributed by atoms with Crippen LogP contribution in [0.1, 0.15) is 43.7 Å². The molecule has 0 unspecified atom stereocenters. The molecule has 1 atom stereocenters. The molecule has 0 amide bonds. The van der Waals surface area contributed by atoms with E-state index in [0.29, 0.717) is 17.0 Å². The molecule has 0 radical (unpaired) electrons. The third-order valence-electron chi connectivity index (χ3n) is 6.42. The Kier molecular flexibility index (Phi) is 11.1. The van der Waals surface area contributed by atoms with E-state index in [1.165, 1.54) is 24.1 Å². The fourth-order valence-corrected chi connectivity index (χ4v) is 6.48. The van der Waals surface area contributed by atoms with Crippen molar-refractivity contribution in [3.8, 4) is 11.3 Å². The number of hydrogen-bond acceptors (Lipinski definition) is 7. The Balaban J connectivity index is 1.58. The van der Waals surface area contributed by atoms with E-state index < -0.39 is 22.1 Å². The Morgan fingerprint density at radius 3 is 2.62 bits per heavy atom. The Hall–Kier alpha value is -2.34. The van der Waals surface area contributed by atoms with Crippen molar-refractivity contribution in [1.29, 1.82) is 0 Å². The summed E-state index contributed by atoms with van der Waals surface area (Å²) in [5.74, 6) is -0.909. The highest BCUT2D eigenvalue weighted by molar-refractivity contribution is 7.89. The van der Waals surface area contributed by atoms with Crippen LogP contribution in [0.25, 0.3) is 11.3 Å². The summed E-state index contributed by atoms with van der Waals surface area (Å²) in [4.78, 5) is 16.7. The first-order valence-corrected chi connectivity index (χ1v) is 15.5. The van der Waals surface area contributed by atoms with Gasteiger partial charge in [0.05, 0.1) is 28.1 Å². The number of aromatic nitrogens is 1. The van der Waals surface area contributed by atoms with Crippen LogP contribution in [0.5, 0.6) is 0 Å². The number of benzene rings is 1. The number of sulfonamides is 1. The van der Waals surface area contributed by atoms with E-state index in [-0.39, 0.29) is 41.4 Å². The van der Waals surface area contributed by atoms with Crippen LogP contribution in [-0.4, -0.2) is 65.7 Å². The summed E-state index contributed by atoms with van der Waals surface area (Å²) in [6, 6.07) is 13.8. The minimum Gasteiger partial charge on any atom is -0.481 e. The van der Waals surface area contributed by atoms with E-state index in [1.54, 1.807) is 35.6 Å². The second kappa shape index (κ2) is 13.8. The van der Waals surface area contributed by atoms with Gasteiger partial charge in [-0.2, -0.15) is 4.31 Å². The van der Waals surface area contributed by atoms with Crippen LogP contribution < -0.4 is 5.32 Å². The molecule has 0 aliphatic heterocycles. The average Bonchev–Trinajstić information content (AvgIpc) is 3.40. The third-order valence-corrected chi connectivity index (χ3v) is 9.48. The molecule has 0 saturated carbocycles. The summed E-state index contributed by atoms with van der Waals surface area (Å²) in [5, 5.41) is 25.1. The van der Waals surface area contributed by atoms with Crippen LogP contribution in [0.2, 0.25) is 5.02 Å². The summed E-state index contributed by atoms with van der Waals surface area (Å²) >= 11 is 8.21. The fourth-order valence-electron chi connectivity index (χ4n) is 4.15. The number of halogens is 1. The Bertz CT molecular complexity index is 1350. The molecule has 11 heteroatoms. The van der Waals surface area contributed by atoms with Gasteiger partial charge in [0.25, 0.3) is 0 Å². The number of β-amino-alcohol motifs (C(OH)–C–C–N with tert-alkyl or cyclic N) is 1. The summed E-state index contributed by atoms with van der Waals surface area (Å²) in [5.41, 5.74) is 1.48. The number of aliphatic carboxylic acids is 1. The normalized spacial score (nSPS) is 13.1. The lowest BCUT2D eigenvalue weighted by Crippen LogP contribution is -2.46. The van der Waals surface area contributed by atoms with Crippen LogP contribution in [0.3, 0.4) is 0 Å². The molecule has 3 aromatic rings. The predicted molar refractivity (Wildman–Crippen MR) is 156 cm³/mol. The number of carboxylic acids is 1. The van der Waals surface area contributed by atoms with Gasteiger partial charge in [-0.05, 0) is 74.9 Å². The smallest absolute Gasteiger partial charge is 0.303 e. The molecule has 0 saturated heterocycles. The molecule has 1 aromatic carbocycles. The molecule has 3 rings (SSSR count). The number of pyridine rings is 1. The first-order chi connectivity index (χ1) is 18.4. The molecule has 8 nitrogen and oxygen atoms in total. The SMILES string of the molecule is CN(C[C@H](O)CNC(C)(C)CCCc1cccs1)S(=O)(=O)c1ccc(-c2cccc(CCC(=O)O)n2)c(Cl)c1. The summed E-state index contributed by atoms with van der Waals surface area (Å²) in [6.07, 6.45) is 2.30. The minimum absolute atomic E-state index is 0.00912. The van der Waals surface area contributed by atoms with Crippen molar-refractivity contribution in [1.82, 2.24) is 14.6 Å². The highest BCUT2D eigenvalue weighted by Gasteiger charge is 2.25. The van der Waals surface area contributed by atoms with Crippen molar-refractivity contribution in [2.75, 3.05) is 20.1 Å². The summed E-state index contributed by atoms with van der Waals surface area (Å²) < 4.78 is 27.5. The van der Waals surface area contributed by atoms with Crippen molar-refractivity contribution < 1.29 is 23.4 Å². The molecular weight excluding hydrogens is 558 g/mol. The van der Waals surface area contributed by atoms with Crippen molar-refractivity contribution in [2.24, 2.45) is 0 Å². The number of carbonyl (C=O) groups is 1. The molecule has 2 aromatic heterocycles. The van der Waals surface area contributed by atoms with Gasteiger partial charge in [0, 0.05) is 48.2 Å². The number of rotatable bonds is 15. The first kappa shape index (κ1) is 31.2. The number of likely N-dealkylation sites (N-methyl/N-ethyl adjacent to an activating group) is 1. The largest absolute Gasteiger partial charge is 0.481 e. The fraction of sp³-hybridized carbons (Fsp3) is 0.429. The molecule has 0 aliphatic rings. The standard InChI is InChI=1S/C28H36ClN3O5S2/c1-28(2,15-5-8-22-9-6-16-38-22)30-18-21(33)19-32(3)39(36,37)23-12-13-24(25(29)17-23)26-10-4-7-20(31-26)11-14-27(34)35/h4,6-7,9-10,12-13,16-17,21,30,33H,5,8,11,14-15,18-19H2,1-3H3,(H,34,35)/t21-/m1/s1. The van der Waals surface area contributed by atoms with Gasteiger partial charge in [0.1, 0.15) is 0 Å². The van der Waals surface area contributed by atoms with Gasteiger partial charge >= 0.3 is 5.97 Å². The van der Waals surface area contributed by atoms with Crippen LogP contribution in [0, 0.1) is 0 Å². The van der Waals surface area contributed by atoms with Gasteiger partial charge in [-0.25, -0.2) is 8.42 Å². The van der Waals surface area contributed by atoms with E-state index >= 15 is 0 Å². The van der Waals surface area contributed by atoms with E-state index in [2.05, 4.69) is 41.7 Å². The molecule has 3 N–H and O–H groups in total. The van der Waals surface area contributed by atoms with Crippen molar-refractivity contribution in [2.45, 2.75) is 62.5 Å². The highest BCUT2D eigenvalue weighted by atomic mass is 35.5. The summed E-state index contributed by atoms with van der Waals surface area (Å²) in [6.45, 7) is 4.34.